The minimum atomic E-state index is -0.911. The minimum Gasteiger partial charge on any atom is -0.351 e. The first-order valence-electron chi connectivity index (χ1n) is 5.01. The molecule has 0 aliphatic heterocycles. The number of rotatable bonds is 3. The van der Waals surface area contributed by atoms with E-state index in [1.165, 1.54) is 0 Å². The summed E-state index contributed by atoms with van der Waals surface area (Å²) in [6, 6.07) is 3.73. The Kier molecular flexibility index (Phi) is 2.84. The zero-order valence-corrected chi connectivity index (χ0v) is 10.3. The van der Waals surface area contributed by atoms with Gasteiger partial charge in [0.2, 0.25) is 5.91 Å². The molecule has 86 valence electrons. The fourth-order valence-electron chi connectivity index (χ4n) is 1.53. The quantitative estimate of drug-likeness (QED) is 0.846. The van der Waals surface area contributed by atoms with E-state index in [9.17, 15) is 4.79 Å². The van der Waals surface area contributed by atoms with Crippen LogP contribution in [0.25, 0.3) is 0 Å². The average Bonchev–Trinajstić information content (AvgIpc) is 2.78. The molecule has 1 N–H and O–H groups in total. The second-order valence-electron chi connectivity index (χ2n) is 4.26. The first-order chi connectivity index (χ1) is 7.46. The summed E-state index contributed by atoms with van der Waals surface area (Å²) in [6.45, 7) is 2.22. The molecule has 3 nitrogen and oxygen atoms in total. The highest BCUT2D eigenvalue weighted by atomic mass is 35.5. The molecule has 1 heterocycles. The van der Waals surface area contributed by atoms with Gasteiger partial charge in [0.15, 0.2) is 0 Å². The number of nitrogens with one attached hydrogen (secondary N) is 1. The first-order valence-corrected chi connectivity index (χ1v) is 5.76. The van der Waals surface area contributed by atoms with Crippen molar-refractivity contribution in [3.8, 4) is 0 Å². The average molecular weight is 259 g/mol. The molecule has 1 amide bonds. The van der Waals surface area contributed by atoms with Crippen LogP contribution >= 0.6 is 23.2 Å². The lowest BCUT2D eigenvalue weighted by Gasteiger charge is -2.12. The third kappa shape index (κ3) is 2.02. The van der Waals surface area contributed by atoms with Gasteiger partial charge in [0.25, 0.3) is 0 Å². The van der Waals surface area contributed by atoms with E-state index in [0.717, 1.165) is 5.56 Å². The Labute approximate surface area is 104 Å². The normalized spacial score (nSPS) is 26.2. The lowest BCUT2D eigenvalue weighted by molar-refractivity contribution is -0.125. The standard InChI is InChI=1S/C11H12Cl2N2O/c1-10(7-11(10,12)13)9(16)15-6-8-3-2-4-14-5-8/h2-5H,6-7H2,1H3,(H,15,16). The number of alkyl halides is 2. The van der Waals surface area contributed by atoms with Crippen molar-refractivity contribution in [3.05, 3.63) is 30.1 Å². The highest BCUT2D eigenvalue weighted by molar-refractivity contribution is 6.53. The first kappa shape index (κ1) is 11.7. The largest absolute Gasteiger partial charge is 0.351 e. The third-order valence-electron chi connectivity index (χ3n) is 2.93. The molecule has 1 aliphatic carbocycles. The van der Waals surface area contributed by atoms with Crippen LogP contribution in [-0.4, -0.2) is 15.2 Å². The van der Waals surface area contributed by atoms with Gasteiger partial charge in [-0.15, -0.1) is 23.2 Å². The summed E-state index contributed by atoms with van der Waals surface area (Å²) in [7, 11) is 0. The molecule has 0 bridgehead atoms. The van der Waals surface area contributed by atoms with Crippen LogP contribution in [0.1, 0.15) is 18.9 Å². The summed E-state index contributed by atoms with van der Waals surface area (Å²) in [4.78, 5) is 15.8. The van der Waals surface area contributed by atoms with Crippen molar-refractivity contribution in [2.24, 2.45) is 5.41 Å². The molecule has 0 saturated heterocycles. The number of aromatic nitrogens is 1. The molecular weight excluding hydrogens is 247 g/mol. The van der Waals surface area contributed by atoms with E-state index >= 15 is 0 Å². The summed E-state index contributed by atoms with van der Waals surface area (Å²) in [6.07, 6.45) is 3.90. The van der Waals surface area contributed by atoms with Crippen LogP contribution in [0, 0.1) is 5.41 Å². The lowest BCUT2D eigenvalue weighted by atomic mass is 10.1. The molecule has 1 atom stereocenters. The smallest absolute Gasteiger partial charge is 0.229 e. The van der Waals surface area contributed by atoms with E-state index in [2.05, 4.69) is 10.3 Å². The molecule has 5 heteroatoms. The van der Waals surface area contributed by atoms with Gasteiger partial charge in [0.1, 0.15) is 4.33 Å². The van der Waals surface area contributed by atoms with Crippen LogP contribution < -0.4 is 5.32 Å². The van der Waals surface area contributed by atoms with Crippen LogP contribution in [0.5, 0.6) is 0 Å². The molecule has 2 rings (SSSR count). The molecule has 16 heavy (non-hydrogen) atoms. The summed E-state index contributed by atoms with van der Waals surface area (Å²) in [5.74, 6) is -0.110. The number of carbonyl (C=O) groups is 1. The molecule has 1 aromatic rings. The lowest BCUT2D eigenvalue weighted by Crippen LogP contribution is -2.32. The molecular formula is C11H12Cl2N2O. The Hall–Kier alpha value is -0.800. The maximum atomic E-state index is 11.8. The van der Waals surface area contributed by atoms with Crippen LogP contribution in [0.15, 0.2) is 24.5 Å². The van der Waals surface area contributed by atoms with Gasteiger partial charge in [-0.2, -0.15) is 0 Å². The molecule has 1 fully saturated rings. The fraction of sp³-hybridized carbons (Fsp3) is 0.455. The fourth-order valence-corrected chi connectivity index (χ4v) is 2.23. The number of pyridine rings is 1. The van der Waals surface area contributed by atoms with Gasteiger partial charge in [0, 0.05) is 18.9 Å². The SMILES string of the molecule is CC1(C(=O)NCc2cccnc2)CC1(Cl)Cl. The summed E-state index contributed by atoms with van der Waals surface area (Å²) in [5.41, 5.74) is 0.299. The minimum absolute atomic E-state index is 0.110. The van der Waals surface area contributed by atoms with E-state index in [1.807, 2.05) is 12.1 Å². The van der Waals surface area contributed by atoms with Crippen LogP contribution in [0.3, 0.4) is 0 Å². The van der Waals surface area contributed by atoms with Crippen molar-refractivity contribution < 1.29 is 4.79 Å². The van der Waals surface area contributed by atoms with Crippen molar-refractivity contribution >= 4 is 29.1 Å². The summed E-state index contributed by atoms with van der Waals surface area (Å²) in [5, 5.41) is 2.81. The second-order valence-corrected chi connectivity index (χ2v) is 5.74. The van der Waals surface area contributed by atoms with E-state index in [4.69, 9.17) is 23.2 Å². The molecule has 1 aliphatic rings. The van der Waals surface area contributed by atoms with E-state index in [0.29, 0.717) is 13.0 Å². The topological polar surface area (TPSA) is 42.0 Å². The number of carbonyl (C=O) groups excluding carboxylic acids is 1. The van der Waals surface area contributed by atoms with Crippen molar-refractivity contribution in [2.75, 3.05) is 0 Å². The Morgan fingerprint density at radius 2 is 2.31 bits per heavy atom. The zero-order chi connectivity index (χ0) is 11.8. The molecule has 0 spiro atoms. The van der Waals surface area contributed by atoms with Gasteiger partial charge < -0.3 is 5.32 Å². The molecule has 1 saturated carbocycles. The van der Waals surface area contributed by atoms with Crippen LogP contribution in [0.2, 0.25) is 0 Å². The maximum absolute atomic E-state index is 11.8. The molecule has 1 unspecified atom stereocenters. The summed E-state index contributed by atoms with van der Waals surface area (Å²) >= 11 is 11.8. The maximum Gasteiger partial charge on any atom is 0.229 e. The number of nitrogens with zero attached hydrogens (tertiary/aromatic N) is 1. The Morgan fingerprint density at radius 1 is 1.62 bits per heavy atom. The zero-order valence-electron chi connectivity index (χ0n) is 8.84. The number of hydrogen-bond donors (Lipinski definition) is 1. The molecule has 1 aromatic heterocycles. The van der Waals surface area contributed by atoms with E-state index in [1.54, 1.807) is 19.3 Å². The van der Waals surface area contributed by atoms with Gasteiger partial charge >= 0.3 is 0 Å². The van der Waals surface area contributed by atoms with Crippen molar-refractivity contribution in [1.29, 1.82) is 0 Å². The van der Waals surface area contributed by atoms with Crippen molar-refractivity contribution in [2.45, 2.75) is 24.2 Å². The predicted octanol–water partition coefficient (Wildman–Crippen LogP) is 2.28. The van der Waals surface area contributed by atoms with Crippen molar-refractivity contribution in [1.82, 2.24) is 10.3 Å². The van der Waals surface area contributed by atoms with Gasteiger partial charge in [-0.05, 0) is 25.0 Å². The van der Waals surface area contributed by atoms with Gasteiger partial charge in [-0.25, -0.2) is 0 Å². The molecule has 0 aromatic carbocycles. The van der Waals surface area contributed by atoms with Gasteiger partial charge in [-0.3, -0.25) is 9.78 Å². The predicted molar refractivity (Wildman–Crippen MR) is 63.2 cm³/mol. The summed E-state index contributed by atoms with van der Waals surface area (Å²) < 4.78 is -0.911. The Morgan fingerprint density at radius 3 is 2.81 bits per heavy atom. The highest BCUT2D eigenvalue weighted by Gasteiger charge is 2.67. The van der Waals surface area contributed by atoms with Crippen LogP contribution in [-0.2, 0) is 11.3 Å². The van der Waals surface area contributed by atoms with Gasteiger partial charge in [-0.1, -0.05) is 6.07 Å². The Balaban J connectivity index is 1.91. The van der Waals surface area contributed by atoms with E-state index in [-0.39, 0.29) is 5.91 Å². The van der Waals surface area contributed by atoms with Gasteiger partial charge in [0.05, 0.1) is 5.41 Å². The number of amides is 1. The monoisotopic (exact) mass is 258 g/mol. The van der Waals surface area contributed by atoms with E-state index < -0.39 is 9.75 Å². The number of halogens is 2. The number of hydrogen-bond acceptors (Lipinski definition) is 2. The molecule has 0 radical (unpaired) electrons. The Bertz CT molecular complexity index is 408. The van der Waals surface area contributed by atoms with Crippen molar-refractivity contribution in [3.63, 3.8) is 0 Å². The third-order valence-corrected chi connectivity index (χ3v) is 4.04. The highest BCUT2D eigenvalue weighted by Crippen LogP contribution is 2.63. The van der Waals surface area contributed by atoms with Crippen LogP contribution in [0.4, 0.5) is 0 Å². The second kappa shape index (κ2) is 3.90.